The number of hydrogen-bond donors (Lipinski definition) is 3. The molecule has 0 saturated heterocycles. The van der Waals surface area contributed by atoms with E-state index >= 15 is 0 Å². The second-order valence-corrected chi connectivity index (χ2v) is 6.49. The fourth-order valence-electron chi connectivity index (χ4n) is 3.04. The lowest BCUT2D eigenvalue weighted by Gasteiger charge is -2.17. The topological polar surface area (TPSA) is 68.3 Å². The molecule has 0 aliphatic rings. The zero-order valence-corrected chi connectivity index (χ0v) is 15.9. The van der Waals surface area contributed by atoms with Crippen LogP contribution in [0.3, 0.4) is 0 Å². The first-order chi connectivity index (χ1) is 13.1. The van der Waals surface area contributed by atoms with Gasteiger partial charge in [0.05, 0.1) is 0 Å². The van der Waals surface area contributed by atoms with Crippen LogP contribution in [-0.4, -0.2) is 43.6 Å². The molecule has 2 aromatic heterocycles. The van der Waals surface area contributed by atoms with E-state index in [2.05, 4.69) is 25.6 Å². The van der Waals surface area contributed by atoms with Gasteiger partial charge in [0.25, 0.3) is 0 Å². The standard InChI is InChI=1S/C20H25FN6/c1-22-20(26-13-15-5-4-9-23-19(15)27(2)3)24-10-8-14-12-25-18-7-6-16(21)11-17(14)18/h4-7,9,11-12,25H,8,10,13H2,1-3H3,(H2,22,24,26). The summed E-state index contributed by atoms with van der Waals surface area (Å²) in [6.07, 6.45) is 4.48. The second-order valence-electron chi connectivity index (χ2n) is 6.49. The molecule has 6 nitrogen and oxygen atoms in total. The highest BCUT2D eigenvalue weighted by Crippen LogP contribution is 2.19. The van der Waals surface area contributed by atoms with Crippen LogP contribution in [0.5, 0.6) is 0 Å². The maximum atomic E-state index is 13.5. The number of aromatic amines is 1. The predicted molar refractivity (Wildman–Crippen MR) is 109 cm³/mol. The number of hydrogen-bond acceptors (Lipinski definition) is 3. The largest absolute Gasteiger partial charge is 0.362 e. The number of rotatable bonds is 6. The molecule has 142 valence electrons. The Morgan fingerprint density at radius 2 is 2.07 bits per heavy atom. The summed E-state index contributed by atoms with van der Waals surface area (Å²) in [6, 6.07) is 8.77. The summed E-state index contributed by atoms with van der Waals surface area (Å²) >= 11 is 0. The Hall–Kier alpha value is -3.09. The fourth-order valence-corrected chi connectivity index (χ4v) is 3.04. The van der Waals surface area contributed by atoms with Gasteiger partial charge in [0.2, 0.25) is 0 Å². The number of H-pyrrole nitrogens is 1. The predicted octanol–water partition coefficient (Wildman–Crippen LogP) is 2.68. The van der Waals surface area contributed by atoms with Crippen molar-refractivity contribution in [2.75, 3.05) is 32.6 Å². The number of aliphatic imine (C=N–C) groups is 1. The van der Waals surface area contributed by atoms with Crippen molar-refractivity contribution >= 4 is 22.7 Å². The Bertz CT molecular complexity index is 931. The van der Waals surface area contributed by atoms with E-state index in [1.54, 1.807) is 25.4 Å². The molecule has 0 unspecified atom stereocenters. The molecule has 0 fully saturated rings. The summed E-state index contributed by atoms with van der Waals surface area (Å²) in [6.45, 7) is 1.32. The van der Waals surface area contributed by atoms with Crippen LogP contribution in [0.2, 0.25) is 0 Å². The van der Waals surface area contributed by atoms with E-state index in [4.69, 9.17) is 0 Å². The molecular formula is C20H25FN6. The fraction of sp³-hybridized carbons (Fsp3) is 0.300. The molecule has 7 heteroatoms. The average molecular weight is 368 g/mol. The molecule has 3 aromatic rings. The minimum atomic E-state index is -0.220. The third-order valence-electron chi connectivity index (χ3n) is 4.38. The van der Waals surface area contributed by atoms with Gasteiger partial charge in [-0.2, -0.15) is 0 Å². The number of fused-ring (bicyclic) bond motifs is 1. The lowest BCUT2D eigenvalue weighted by Crippen LogP contribution is -2.38. The van der Waals surface area contributed by atoms with Gasteiger partial charge >= 0.3 is 0 Å². The summed E-state index contributed by atoms with van der Waals surface area (Å²) in [5.41, 5.74) is 3.12. The quantitative estimate of drug-likeness (QED) is 0.462. The van der Waals surface area contributed by atoms with Crippen molar-refractivity contribution in [1.82, 2.24) is 20.6 Å². The van der Waals surface area contributed by atoms with Crippen molar-refractivity contribution in [3.63, 3.8) is 0 Å². The zero-order valence-electron chi connectivity index (χ0n) is 15.9. The van der Waals surface area contributed by atoms with Crippen LogP contribution < -0.4 is 15.5 Å². The van der Waals surface area contributed by atoms with Crippen LogP contribution in [0.1, 0.15) is 11.1 Å². The molecule has 3 N–H and O–H groups in total. The first kappa shape index (κ1) is 18.7. The van der Waals surface area contributed by atoms with Crippen LogP contribution in [-0.2, 0) is 13.0 Å². The van der Waals surface area contributed by atoms with Crippen molar-refractivity contribution in [3.8, 4) is 0 Å². The Morgan fingerprint density at radius 1 is 1.22 bits per heavy atom. The van der Waals surface area contributed by atoms with Crippen LogP contribution in [0, 0.1) is 5.82 Å². The van der Waals surface area contributed by atoms with Gasteiger partial charge in [-0.05, 0) is 36.2 Å². The molecule has 0 atom stereocenters. The molecule has 0 aliphatic heterocycles. The summed E-state index contributed by atoms with van der Waals surface area (Å²) in [5.74, 6) is 1.43. The zero-order chi connectivity index (χ0) is 19.2. The minimum Gasteiger partial charge on any atom is -0.362 e. The van der Waals surface area contributed by atoms with Crippen molar-refractivity contribution in [3.05, 3.63) is 59.7 Å². The smallest absolute Gasteiger partial charge is 0.191 e. The number of nitrogens with zero attached hydrogens (tertiary/aromatic N) is 3. The van der Waals surface area contributed by atoms with E-state index < -0.39 is 0 Å². The lowest BCUT2D eigenvalue weighted by molar-refractivity contribution is 0.629. The number of anilines is 1. The summed E-state index contributed by atoms with van der Waals surface area (Å²) in [4.78, 5) is 13.8. The third kappa shape index (κ3) is 4.55. The Labute approximate surface area is 158 Å². The van der Waals surface area contributed by atoms with Crippen molar-refractivity contribution in [1.29, 1.82) is 0 Å². The van der Waals surface area contributed by atoms with Gasteiger partial charge in [0.1, 0.15) is 11.6 Å². The molecule has 2 heterocycles. The normalized spacial score (nSPS) is 11.6. The van der Waals surface area contributed by atoms with Crippen LogP contribution in [0.15, 0.2) is 47.7 Å². The van der Waals surface area contributed by atoms with Crippen LogP contribution in [0.25, 0.3) is 10.9 Å². The number of aromatic nitrogens is 2. The van der Waals surface area contributed by atoms with Gasteiger partial charge < -0.3 is 20.5 Å². The maximum Gasteiger partial charge on any atom is 0.191 e. The summed E-state index contributed by atoms with van der Waals surface area (Å²) < 4.78 is 13.5. The maximum absolute atomic E-state index is 13.5. The number of benzene rings is 1. The molecule has 0 radical (unpaired) electrons. The van der Waals surface area contributed by atoms with Gasteiger partial charge in [-0.15, -0.1) is 0 Å². The molecule has 0 aliphatic carbocycles. The van der Waals surface area contributed by atoms with Crippen LogP contribution in [0.4, 0.5) is 10.2 Å². The van der Waals surface area contributed by atoms with Crippen molar-refractivity contribution in [2.24, 2.45) is 4.99 Å². The van der Waals surface area contributed by atoms with Gasteiger partial charge in [-0.25, -0.2) is 9.37 Å². The molecule has 0 amide bonds. The number of halogens is 1. The summed E-state index contributed by atoms with van der Waals surface area (Å²) in [7, 11) is 5.69. The molecule has 27 heavy (non-hydrogen) atoms. The second kappa shape index (κ2) is 8.53. The molecular weight excluding hydrogens is 343 g/mol. The van der Waals surface area contributed by atoms with Gasteiger partial charge in [-0.1, -0.05) is 6.07 Å². The average Bonchev–Trinajstić information content (AvgIpc) is 3.06. The number of pyridine rings is 1. The summed E-state index contributed by atoms with van der Waals surface area (Å²) in [5, 5.41) is 7.54. The van der Waals surface area contributed by atoms with E-state index in [0.717, 1.165) is 40.2 Å². The number of guanidine groups is 1. The van der Waals surface area contributed by atoms with E-state index in [-0.39, 0.29) is 5.82 Å². The molecule has 3 rings (SSSR count). The molecule has 1 aromatic carbocycles. The van der Waals surface area contributed by atoms with E-state index in [1.165, 1.54) is 6.07 Å². The Kier molecular flexibility index (Phi) is 5.90. The first-order valence-corrected chi connectivity index (χ1v) is 8.89. The van der Waals surface area contributed by atoms with Crippen LogP contribution >= 0.6 is 0 Å². The third-order valence-corrected chi connectivity index (χ3v) is 4.38. The Morgan fingerprint density at radius 3 is 2.85 bits per heavy atom. The first-order valence-electron chi connectivity index (χ1n) is 8.89. The highest BCUT2D eigenvalue weighted by molar-refractivity contribution is 5.83. The monoisotopic (exact) mass is 368 g/mol. The molecule has 0 spiro atoms. The minimum absolute atomic E-state index is 0.220. The highest BCUT2D eigenvalue weighted by Gasteiger charge is 2.08. The highest BCUT2D eigenvalue weighted by atomic mass is 19.1. The van der Waals surface area contributed by atoms with E-state index in [0.29, 0.717) is 13.1 Å². The molecule has 0 saturated carbocycles. The van der Waals surface area contributed by atoms with E-state index in [9.17, 15) is 4.39 Å². The van der Waals surface area contributed by atoms with E-state index in [1.807, 2.05) is 37.3 Å². The lowest BCUT2D eigenvalue weighted by atomic mass is 10.1. The van der Waals surface area contributed by atoms with Gasteiger partial charge in [0.15, 0.2) is 5.96 Å². The van der Waals surface area contributed by atoms with Gasteiger partial charge in [-0.3, -0.25) is 4.99 Å². The SMILES string of the molecule is CN=C(NCCc1c[nH]c2ccc(F)cc12)NCc1cccnc1N(C)C. The Balaban J connectivity index is 1.56. The molecule has 0 bridgehead atoms. The van der Waals surface area contributed by atoms with Crippen molar-refractivity contribution < 1.29 is 4.39 Å². The number of nitrogens with one attached hydrogen (secondary N) is 3. The van der Waals surface area contributed by atoms with Gasteiger partial charge in [0, 0.05) is 63.1 Å². The van der Waals surface area contributed by atoms with Crippen molar-refractivity contribution in [2.45, 2.75) is 13.0 Å².